The minimum Gasteiger partial charge on any atom is -0.299 e. The molecular formula is C17H17N5O2S2. The van der Waals surface area contributed by atoms with Crippen LogP contribution in [0.4, 0.5) is 5.13 Å². The zero-order chi connectivity index (χ0) is 18.5. The fraction of sp³-hybridized carbons (Fsp3) is 0.235. The summed E-state index contributed by atoms with van der Waals surface area (Å²) in [6, 6.07) is 11.8. The molecule has 0 spiro atoms. The van der Waals surface area contributed by atoms with Crippen molar-refractivity contribution >= 4 is 34.1 Å². The van der Waals surface area contributed by atoms with Crippen LogP contribution in [0.3, 0.4) is 0 Å². The maximum atomic E-state index is 12.5. The molecule has 2 heterocycles. The van der Waals surface area contributed by atoms with Gasteiger partial charge in [0, 0.05) is 11.6 Å². The number of rotatable bonds is 6. The largest absolute Gasteiger partial charge is 0.299 e. The molecule has 0 fully saturated rings. The van der Waals surface area contributed by atoms with Crippen molar-refractivity contribution in [2.24, 2.45) is 0 Å². The van der Waals surface area contributed by atoms with Crippen LogP contribution < -0.4 is 10.9 Å². The van der Waals surface area contributed by atoms with E-state index in [1.54, 1.807) is 24.8 Å². The molecule has 0 aliphatic carbocycles. The van der Waals surface area contributed by atoms with Crippen LogP contribution in [0.15, 0.2) is 51.6 Å². The van der Waals surface area contributed by atoms with Gasteiger partial charge in [-0.2, -0.15) is 5.10 Å². The average molecular weight is 387 g/mol. The molecule has 1 N–H and O–H groups in total. The molecule has 3 aromatic rings. The highest BCUT2D eigenvalue weighted by molar-refractivity contribution is 8.01. The van der Waals surface area contributed by atoms with Crippen molar-refractivity contribution < 1.29 is 4.79 Å². The number of thioether (sulfide) groups is 1. The molecule has 1 amide bonds. The third kappa shape index (κ3) is 4.17. The summed E-state index contributed by atoms with van der Waals surface area (Å²) in [5.41, 5.74) is 1.16. The molecule has 26 heavy (non-hydrogen) atoms. The van der Waals surface area contributed by atoms with E-state index in [9.17, 15) is 9.59 Å². The highest BCUT2D eigenvalue weighted by Gasteiger charge is 2.19. The number of anilines is 1. The Morgan fingerprint density at radius 2 is 2.00 bits per heavy atom. The zero-order valence-electron chi connectivity index (χ0n) is 14.2. The number of hydrogen-bond donors (Lipinski definition) is 1. The minimum absolute atomic E-state index is 0.341. The van der Waals surface area contributed by atoms with Crippen LogP contribution in [-0.4, -0.2) is 31.6 Å². The van der Waals surface area contributed by atoms with Crippen molar-refractivity contribution in [2.45, 2.75) is 24.2 Å². The predicted octanol–water partition coefficient (Wildman–Crippen LogP) is 3.07. The van der Waals surface area contributed by atoms with E-state index in [2.05, 4.69) is 20.6 Å². The van der Waals surface area contributed by atoms with Gasteiger partial charge < -0.3 is 0 Å². The molecule has 1 aromatic carbocycles. The number of hydrogen-bond acceptors (Lipinski definition) is 7. The lowest BCUT2D eigenvalue weighted by Crippen LogP contribution is -2.33. The Balaban J connectivity index is 1.80. The van der Waals surface area contributed by atoms with Crippen LogP contribution in [0, 0.1) is 0 Å². The van der Waals surface area contributed by atoms with E-state index in [0.717, 1.165) is 15.7 Å². The summed E-state index contributed by atoms with van der Waals surface area (Å²) in [5, 5.41) is 15.4. The lowest BCUT2D eigenvalue weighted by molar-refractivity contribution is -0.119. The van der Waals surface area contributed by atoms with Gasteiger partial charge in [-0.1, -0.05) is 60.4 Å². The number of aromatic nitrogens is 4. The van der Waals surface area contributed by atoms with Gasteiger partial charge in [-0.15, -0.1) is 10.2 Å². The Bertz CT molecular complexity index is 955. The van der Waals surface area contributed by atoms with Gasteiger partial charge in [0.2, 0.25) is 5.13 Å². The third-order valence-electron chi connectivity index (χ3n) is 3.55. The summed E-state index contributed by atoms with van der Waals surface area (Å²) < 4.78 is 1.97. The Kier molecular flexibility index (Phi) is 5.79. The van der Waals surface area contributed by atoms with Gasteiger partial charge in [-0.05, 0) is 18.7 Å². The summed E-state index contributed by atoms with van der Waals surface area (Å²) in [4.78, 5) is 24.7. The van der Waals surface area contributed by atoms with E-state index in [0.29, 0.717) is 10.8 Å². The topological polar surface area (TPSA) is 89.8 Å². The van der Waals surface area contributed by atoms with Crippen molar-refractivity contribution in [2.75, 3.05) is 11.1 Å². The molecule has 1 unspecified atom stereocenters. The highest BCUT2D eigenvalue weighted by Crippen LogP contribution is 2.25. The second kappa shape index (κ2) is 8.24. The molecule has 134 valence electrons. The summed E-state index contributed by atoms with van der Waals surface area (Å²) in [6.45, 7) is 3.64. The van der Waals surface area contributed by atoms with E-state index < -0.39 is 6.04 Å². The van der Waals surface area contributed by atoms with Crippen molar-refractivity contribution in [1.29, 1.82) is 0 Å². The zero-order valence-corrected chi connectivity index (χ0v) is 15.9. The Morgan fingerprint density at radius 1 is 1.23 bits per heavy atom. The molecule has 0 radical (unpaired) electrons. The maximum Gasteiger partial charge on any atom is 0.267 e. The first-order chi connectivity index (χ1) is 12.6. The van der Waals surface area contributed by atoms with Crippen LogP contribution in [-0.2, 0) is 4.79 Å². The molecule has 3 rings (SSSR count). The number of amides is 1. The summed E-state index contributed by atoms with van der Waals surface area (Å²) in [6.07, 6.45) is 0. The van der Waals surface area contributed by atoms with Crippen molar-refractivity contribution in [3.05, 3.63) is 52.8 Å². The van der Waals surface area contributed by atoms with Gasteiger partial charge in [0.15, 0.2) is 4.34 Å². The number of carbonyl (C=O) groups excluding carboxylic acids is 1. The van der Waals surface area contributed by atoms with Gasteiger partial charge in [-0.3, -0.25) is 14.9 Å². The van der Waals surface area contributed by atoms with Gasteiger partial charge in [-0.25, -0.2) is 4.68 Å². The molecule has 7 nitrogen and oxygen atoms in total. The lowest BCUT2D eigenvalue weighted by Gasteiger charge is -2.13. The molecule has 0 bridgehead atoms. The summed E-state index contributed by atoms with van der Waals surface area (Å²) in [7, 11) is 0. The molecule has 1 atom stereocenters. The van der Waals surface area contributed by atoms with E-state index >= 15 is 0 Å². The van der Waals surface area contributed by atoms with Gasteiger partial charge >= 0.3 is 0 Å². The first kappa shape index (κ1) is 18.3. The van der Waals surface area contributed by atoms with Crippen LogP contribution in [0.25, 0.3) is 11.3 Å². The predicted molar refractivity (Wildman–Crippen MR) is 104 cm³/mol. The van der Waals surface area contributed by atoms with Crippen molar-refractivity contribution in [3.63, 3.8) is 0 Å². The van der Waals surface area contributed by atoms with Crippen LogP contribution >= 0.6 is 23.1 Å². The number of benzene rings is 1. The Hall–Kier alpha value is -2.52. The van der Waals surface area contributed by atoms with E-state index in [-0.39, 0.29) is 11.5 Å². The molecule has 0 aliphatic heterocycles. The van der Waals surface area contributed by atoms with Crippen molar-refractivity contribution in [3.8, 4) is 11.3 Å². The molecular weight excluding hydrogens is 370 g/mol. The molecule has 2 aromatic heterocycles. The first-order valence-electron chi connectivity index (χ1n) is 8.01. The van der Waals surface area contributed by atoms with E-state index in [1.165, 1.54) is 22.1 Å². The van der Waals surface area contributed by atoms with Gasteiger partial charge in [0.1, 0.15) is 6.04 Å². The summed E-state index contributed by atoms with van der Waals surface area (Å²) >= 11 is 2.86. The second-order valence-corrected chi connectivity index (χ2v) is 7.83. The number of carbonyl (C=O) groups is 1. The smallest absolute Gasteiger partial charge is 0.267 e. The Labute approximate surface area is 158 Å². The first-order valence-corrected chi connectivity index (χ1v) is 9.81. The number of nitrogens with zero attached hydrogens (tertiary/aromatic N) is 4. The van der Waals surface area contributed by atoms with Crippen LogP contribution in [0.2, 0.25) is 0 Å². The minimum atomic E-state index is -0.780. The average Bonchev–Trinajstić information content (AvgIpc) is 3.09. The van der Waals surface area contributed by atoms with E-state index in [4.69, 9.17) is 0 Å². The molecule has 9 heteroatoms. The van der Waals surface area contributed by atoms with Crippen molar-refractivity contribution in [1.82, 2.24) is 20.0 Å². The molecule has 0 saturated heterocycles. The van der Waals surface area contributed by atoms with E-state index in [1.807, 2.05) is 37.3 Å². The highest BCUT2D eigenvalue weighted by atomic mass is 32.2. The monoisotopic (exact) mass is 387 g/mol. The SMILES string of the molecule is CCSc1nnc(NC(=O)C(C)n2nc(-c3ccccc3)ccc2=O)s1. The quantitative estimate of drug-likeness (QED) is 0.516. The second-order valence-electron chi connectivity index (χ2n) is 5.34. The normalized spacial score (nSPS) is 11.9. The fourth-order valence-electron chi connectivity index (χ4n) is 2.23. The molecule has 0 saturated carbocycles. The third-order valence-corrected chi connectivity index (χ3v) is 5.40. The number of nitrogens with one attached hydrogen (secondary N) is 1. The summed E-state index contributed by atoms with van der Waals surface area (Å²) in [5.74, 6) is 0.513. The lowest BCUT2D eigenvalue weighted by atomic mass is 10.1. The van der Waals surface area contributed by atoms with Gasteiger partial charge in [0.05, 0.1) is 5.69 Å². The Morgan fingerprint density at radius 3 is 2.73 bits per heavy atom. The molecule has 0 aliphatic rings. The maximum absolute atomic E-state index is 12.5. The standard InChI is InChI=1S/C17H17N5O2S2/c1-3-25-17-20-19-16(26-17)18-15(24)11(2)22-14(23)10-9-13(21-22)12-7-5-4-6-8-12/h4-11H,3H2,1-2H3,(H,18,19,24). The van der Waals surface area contributed by atoms with Gasteiger partial charge in [0.25, 0.3) is 11.5 Å². The van der Waals surface area contributed by atoms with Crippen LogP contribution in [0.5, 0.6) is 0 Å². The van der Waals surface area contributed by atoms with Crippen LogP contribution in [0.1, 0.15) is 19.9 Å². The fourth-order valence-corrected chi connectivity index (χ4v) is 3.88.